The van der Waals surface area contributed by atoms with Crippen LogP contribution in [-0.2, 0) is 6.42 Å². The van der Waals surface area contributed by atoms with Gasteiger partial charge in [0.15, 0.2) is 5.69 Å². The van der Waals surface area contributed by atoms with Crippen molar-refractivity contribution in [1.82, 2.24) is 10.2 Å². The largest absolute Gasteiger partial charge is 0.476 e. The molecular weight excluding hydrogens is 240 g/mol. The van der Waals surface area contributed by atoms with Crippen molar-refractivity contribution in [2.45, 2.75) is 20.3 Å². The zero-order valence-corrected chi connectivity index (χ0v) is 10.4. The Labute approximate surface area is 104 Å². The summed E-state index contributed by atoms with van der Waals surface area (Å²) in [6, 6.07) is 3.54. The van der Waals surface area contributed by atoms with Gasteiger partial charge < -0.3 is 5.11 Å². The molecular formula is C12H13ClN2O2. The molecule has 0 aliphatic rings. The second-order valence-electron chi connectivity index (χ2n) is 4.46. The number of H-pyrrole nitrogens is 1. The monoisotopic (exact) mass is 252 g/mol. The van der Waals surface area contributed by atoms with E-state index in [2.05, 4.69) is 24.0 Å². The predicted molar refractivity (Wildman–Crippen MR) is 66.6 cm³/mol. The molecule has 2 rings (SSSR count). The molecule has 1 aromatic carbocycles. The van der Waals surface area contributed by atoms with Crippen LogP contribution in [0.25, 0.3) is 10.9 Å². The van der Waals surface area contributed by atoms with E-state index in [9.17, 15) is 4.79 Å². The molecule has 1 heterocycles. The van der Waals surface area contributed by atoms with Crippen molar-refractivity contribution >= 4 is 28.5 Å². The minimum atomic E-state index is -1.05. The maximum Gasteiger partial charge on any atom is 0.357 e. The number of hydrogen-bond donors (Lipinski definition) is 2. The number of carboxylic acid groups (broad SMARTS) is 1. The number of nitrogens with zero attached hydrogens (tertiary/aromatic N) is 1. The van der Waals surface area contributed by atoms with Gasteiger partial charge in [-0.1, -0.05) is 25.4 Å². The molecule has 5 heteroatoms. The molecule has 2 aromatic rings. The van der Waals surface area contributed by atoms with Crippen molar-refractivity contribution in [3.63, 3.8) is 0 Å². The third-order valence-corrected chi connectivity index (χ3v) is 2.91. The van der Waals surface area contributed by atoms with Crippen LogP contribution >= 0.6 is 11.6 Å². The van der Waals surface area contributed by atoms with Crippen LogP contribution in [0.5, 0.6) is 0 Å². The molecule has 0 aliphatic carbocycles. The minimum Gasteiger partial charge on any atom is -0.476 e. The lowest BCUT2D eigenvalue weighted by Crippen LogP contribution is -1.97. The molecule has 2 N–H and O–H groups in total. The zero-order valence-electron chi connectivity index (χ0n) is 9.62. The van der Waals surface area contributed by atoms with Crippen LogP contribution in [0, 0.1) is 5.92 Å². The van der Waals surface area contributed by atoms with Gasteiger partial charge in [0.1, 0.15) is 0 Å². The molecule has 0 fully saturated rings. The summed E-state index contributed by atoms with van der Waals surface area (Å²) >= 11 is 6.15. The lowest BCUT2D eigenvalue weighted by Gasteiger charge is -2.07. The average molecular weight is 253 g/mol. The van der Waals surface area contributed by atoms with Crippen molar-refractivity contribution in [1.29, 1.82) is 0 Å². The van der Waals surface area contributed by atoms with Gasteiger partial charge in [0.2, 0.25) is 0 Å². The first-order valence-electron chi connectivity index (χ1n) is 5.39. The summed E-state index contributed by atoms with van der Waals surface area (Å²) in [6.07, 6.45) is 0.857. The summed E-state index contributed by atoms with van der Waals surface area (Å²) < 4.78 is 0. The normalized spacial score (nSPS) is 11.3. The van der Waals surface area contributed by atoms with Crippen LogP contribution in [0.15, 0.2) is 12.1 Å². The highest BCUT2D eigenvalue weighted by molar-refractivity contribution is 6.32. The van der Waals surface area contributed by atoms with E-state index in [0.717, 1.165) is 12.0 Å². The summed E-state index contributed by atoms with van der Waals surface area (Å²) in [7, 11) is 0. The molecule has 0 unspecified atom stereocenters. The first-order valence-corrected chi connectivity index (χ1v) is 5.76. The Hall–Kier alpha value is -1.55. The van der Waals surface area contributed by atoms with E-state index >= 15 is 0 Å². The molecule has 1 aromatic heterocycles. The molecule has 0 radical (unpaired) electrons. The summed E-state index contributed by atoms with van der Waals surface area (Å²) in [6.45, 7) is 4.21. The lowest BCUT2D eigenvalue weighted by atomic mass is 10.0. The molecule has 4 nitrogen and oxygen atoms in total. The second kappa shape index (κ2) is 4.37. The number of aromatic nitrogens is 2. The van der Waals surface area contributed by atoms with E-state index in [-0.39, 0.29) is 5.69 Å². The van der Waals surface area contributed by atoms with Crippen molar-refractivity contribution in [3.8, 4) is 0 Å². The van der Waals surface area contributed by atoms with E-state index in [1.54, 1.807) is 6.07 Å². The number of aromatic carboxylic acids is 1. The molecule has 0 aliphatic heterocycles. The van der Waals surface area contributed by atoms with Crippen molar-refractivity contribution in [3.05, 3.63) is 28.4 Å². The summed E-state index contributed by atoms with van der Waals surface area (Å²) in [5.41, 5.74) is 1.73. The smallest absolute Gasteiger partial charge is 0.357 e. The van der Waals surface area contributed by atoms with Gasteiger partial charge in [0.05, 0.1) is 5.52 Å². The van der Waals surface area contributed by atoms with Gasteiger partial charge in [-0.15, -0.1) is 0 Å². The zero-order chi connectivity index (χ0) is 12.6. The number of halogens is 1. The highest BCUT2D eigenvalue weighted by atomic mass is 35.5. The fourth-order valence-electron chi connectivity index (χ4n) is 1.84. The van der Waals surface area contributed by atoms with Gasteiger partial charge in [-0.2, -0.15) is 5.10 Å². The Balaban J connectivity index is 2.56. The van der Waals surface area contributed by atoms with Crippen LogP contribution < -0.4 is 0 Å². The number of carboxylic acids is 1. The van der Waals surface area contributed by atoms with Crippen LogP contribution in [0.2, 0.25) is 5.02 Å². The Kier molecular flexibility index (Phi) is 3.07. The number of rotatable bonds is 3. The van der Waals surface area contributed by atoms with E-state index in [0.29, 0.717) is 21.8 Å². The van der Waals surface area contributed by atoms with E-state index < -0.39 is 5.97 Å². The highest BCUT2D eigenvalue weighted by Crippen LogP contribution is 2.26. The van der Waals surface area contributed by atoms with E-state index in [1.807, 2.05) is 6.07 Å². The second-order valence-corrected chi connectivity index (χ2v) is 4.87. The topological polar surface area (TPSA) is 66.0 Å². The molecule has 0 saturated carbocycles. The van der Waals surface area contributed by atoms with Crippen LogP contribution in [0.1, 0.15) is 29.9 Å². The van der Waals surface area contributed by atoms with Crippen molar-refractivity contribution < 1.29 is 9.90 Å². The molecule has 90 valence electrons. The SMILES string of the molecule is CC(C)Cc1cc2[nH]nc(C(=O)O)c2cc1Cl. The fourth-order valence-corrected chi connectivity index (χ4v) is 2.08. The predicted octanol–water partition coefficient (Wildman–Crippen LogP) is 3.11. The first-order chi connectivity index (χ1) is 7.99. The van der Waals surface area contributed by atoms with Gasteiger partial charge >= 0.3 is 5.97 Å². The number of carbonyl (C=O) groups is 1. The number of benzene rings is 1. The molecule has 0 spiro atoms. The Morgan fingerprint density at radius 2 is 2.24 bits per heavy atom. The van der Waals surface area contributed by atoms with E-state index in [1.165, 1.54) is 0 Å². The Morgan fingerprint density at radius 1 is 1.53 bits per heavy atom. The highest BCUT2D eigenvalue weighted by Gasteiger charge is 2.15. The third kappa shape index (κ3) is 2.26. The molecule has 0 amide bonds. The van der Waals surface area contributed by atoms with Gasteiger partial charge in [-0.05, 0) is 30.0 Å². The van der Waals surface area contributed by atoms with Crippen molar-refractivity contribution in [2.24, 2.45) is 5.92 Å². The first kappa shape index (κ1) is 11.9. The van der Waals surface area contributed by atoms with Crippen LogP contribution in [-0.4, -0.2) is 21.3 Å². The summed E-state index contributed by atoms with van der Waals surface area (Å²) in [4.78, 5) is 10.9. The van der Waals surface area contributed by atoms with Gasteiger partial charge in [0.25, 0.3) is 0 Å². The Bertz CT molecular complexity index is 575. The Morgan fingerprint density at radius 3 is 2.82 bits per heavy atom. The number of aromatic amines is 1. The van der Waals surface area contributed by atoms with Crippen LogP contribution in [0.4, 0.5) is 0 Å². The standard InChI is InChI=1S/C12H13ClN2O2/c1-6(2)3-7-4-10-8(5-9(7)13)11(12(16)17)15-14-10/h4-6H,3H2,1-2H3,(H,14,15)(H,16,17). The molecule has 0 saturated heterocycles. The fraction of sp³-hybridized carbons (Fsp3) is 0.333. The number of hydrogen-bond acceptors (Lipinski definition) is 2. The van der Waals surface area contributed by atoms with Crippen molar-refractivity contribution in [2.75, 3.05) is 0 Å². The maximum atomic E-state index is 10.9. The molecule has 0 atom stereocenters. The van der Waals surface area contributed by atoms with Gasteiger partial charge in [-0.3, -0.25) is 5.10 Å². The van der Waals surface area contributed by atoms with Gasteiger partial charge in [-0.25, -0.2) is 4.79 Å². The third-order valence-electron chi connectivity index (χ3n) is 2.56. The summed E-state index contributed by atoms with van der Waals surface area (Å²) in [5, 5.41) is 16.6. The molecule has 17 heavy (non-hydrogen) atoms. The quantitative estimate of drug-likeness (QED) is 0.882. The number of nitrogens with one attached hydrogen (secondary N) is 1. The van der Waals surface area contributed by atoms with Gasteiger partial charge in [0, 0.05) is 10.4 Å². The summed E-state index contributed by atoms with van der Waals surface area (Å²) in [5.74, 6) is -0.559. The minimum absolute atomic E-state index is 0.0120. The van der Waals surface area contributed by atoms with Crippen LogP contribution in [0.3, 0.4) is 0 Å². The van der Waals surface area contributed by atoms with E-state index in [4.69, 9.17) is 16.7 Å². The average Bonchev–Trinajstić information content (AvgIpc) is 2.60. The molecule has 0 bridgehead atoms. The lowest BCUT2D eigenvalue weighted by molar-refractivity contribution is 0.0692. The number of fused-ring (bicyclic) bond motifs is 1. The maximum absolute atomic E-state index is 10.9.